The van der Waals surface area contributed by atoms with Crippen LogP contribution in [0.3, 0.4) is 0 Å². The maximum atomic E-state index is 5.67. The largest absolute Gasteiger partial charge is 0.493 e. The van der Waals surface area contributed by atoms with Gasteiger partial charge in [-0.25, -0.2) is 0 Å². The summed E-state index contributed by atoms with van der Waals surface area (Å²) in [6, 6.07) is 15.7. The molecule has 0 radical (unpaired) electrons. The van der Waals surface area contributed by atoms with Crippen molar-refractivity contribution >= 4 is 11.6 Å². The lowest BCUT2D eigenvalue weighted by molar-refractivity contribution is 0.128. The summed E-state index contributed by atoms with van der Waals surface area (Å²) in [4.78, 5) is 4.54. The molecule has 0 saturated heterocycles. The molecule has 2 aromatic carbocycles. The molecular weight excluding hydrogens is 330 g/mol. The number of hydrogen-bond acceptors (Lipinski definition) is 4. The lowest BCUT2D eigenvalue weighted by Crippen LogP contribution is -2.31. The topological polar surface area (TPSA) is 64.1 Å². The van der Waals surface area contributed by atoms with E-state index >= 15 is 0 Å². The summed E-state index contributed by atoms with van der Waals surface area (Å²) in [5, 5.41) is 6.48. The summed E-state index contributed by atoms with van der Waals surface area (Å²) < 4.78 is 16.3. The Morgan fingerprint density at radius 3 is 2.46 bits per heavy atom. The summed E-state index contributed by atoms with van der Waals surface area (Å²) >= 11 is 0. The molecule has 6 nitrogen and oxygen atoms in total. The van der Waals surface area contributed by atoms with Crippen molar-refractivity contribution in [3.63, 3.8) is 0 Å². The Hall–Kier alpha value is -2.73. The standard InChI is InChI=1S/C20H27N3O3/c1-4-21-20(22-12-13-26-15-16-8-6-5-7-9-16)23-17-10-11-18(24-2)19(14-17)25-3/h5-11,14H,4,12-13,15H2,1-3H3,(H2,21,22,23). The highest BCUT2D eigenvalue weighted by Crippen LogP contribution is 2.29. The second-order valence-electron chi connectivity index (χ2n) is 5.49. The molecule has 0 atom stereocenters. The summed E-state index contributed by atoms with van der Waals surface area (Å²) in [7, 11) is 3.23. The van der Waals surface area contributed by atoms with E-state index in [0.717, 1.165) is 17.8 Å². The van der Waals surface area contributed by atoms with Gasteiger partial charge < -0.3 is 24.8 Å². The highest BCUT2D eigenvalue weighted by Gasteiger charge is 2.06. The highest BCUT2D eigenvalue weighted by atomic mass is 16.5. The van der Waals surface area contributed by atoms with Crippen LogP contribution in [-0.2, 0) is 11.3 Å². The van der Waals surface area contributed by atoms with Gasteiger partial charge in [0.25, 0.3) is 0 Å². The number of ether oxygens (including phenoxy) is 3. The lowest BCUT2D eigenvalue weighted by Gasteiger charge is -2.14. The van der Waals surface area contributed by atoms with E-state index in [1.807, 2.05) is 55.5 Å². The molecule has 0 bridgehead atoms. The molecule has 0 aliphatic carbocycles. The van der Waals surface area contributed by atoms with E-state index in [0.29, 0.717) is 37.2 Å². The number of methoxy groups -OCH3 is 2. The van der Waals surface area contributed by atoms with Gasteiger partial charge in [-0.15, -0.1) is 0 Å². The maximum Gasteiger partial charge on any atom is 0.195 e. The Bertz CT molecular complexity index is 690. The normalized spacial score (nSPS) is 11.1. The van der Waals surface area contributed by atoms with E-state index in [2.05, 4.69) is 15.6 Å². The van der Waals surface area contributed by atoms with Gasteiger partial charge in [0.15, 0.2) is 17.5 Å². The van der Waals surface area contributed by atoms with Crippen molar-refractivity contribution in [2.24, 2.45) is 4.99 Å². The molecule has 0 aliphatic rings. The molecule has 2 aromatic rings. The van der Waals surface area contributed by atoms with Crippen LogP contribution in [0.25, 0.3) is 0 Å². The number of guanidine groups is 1. The van der Waals surface area contributed by atoms with Gasteiger partial charge >= 0.3 is 0 Å². The number of hydrogen-bond donors (Lipinski definition) is 2. The van der Waals surface area contributed by atoms with Gasteiger partial charge in [0, 0.05) is 18.3 Å². The molecular formula is C20H27N3O3. The molecule has 0 heterocycles. The predicted octanol–water partition coefficient (Wildman–Crippen LogP) is 3.30. The average molecular weight is 357 g/mol. The first-order valence-corrected chi connectivity index (χ1v) is 8.65. The first kappa shape index (κ1) is 19.6. The van der Waals surface area contributed by atoms with Crippen LogP contribution in [0.15, 0.2) is 53.5 Å². The highest BCUT2D eigenvalue weighted by molar-refractivity contribution is 5.93. The van der Waals surface area contributed by atoms with Gasteiger partial charge in [-0.1, -0.05) is 30.3 Å². The second-order valence-corrected chi connectivity index (χ2v) is 5.49. The van der Waals surface area contributed by atoms with Crippen molar-refractivity contribution in [2.45, 2.75) is 13.5 Å². The van der Waals surface area contributed by atoms with Crippen LogP contribution in [0.4, 0.5) is 5.69 Å². The van der Waals surface area contributed by atoms with Crippen LogP contribution in [0.5, 0.6) is 11.5 Å². The van der Waals surface area contributed by atoms with E-state index in [4.69, 9.17) is 14.2 Å². The van der Waals surface area contributed by atoms with Crippen LogP contribution in [0.2, 0.25) is 0 Å². The fourth-order valence-corrected chi connectivity index (χ4v) is 2.34. The third-order valence-corrected chi connectivity index (χ3v) is 3.61. The number of rotatable bonds is 9. The summed E-state index contributed by atoms with van der Waals surface area (Å²) in [6.45, 7) is 4.50. The van der Waals surface area contributed by atoms with Gasteiger partial charge in [0.05, 0.1) is 34.0 Å². The number of nitrogens with one attached hydrogen (secondary N) is 2. The van der Waals surface area contributed by atoms with Crippen molar-refractivity contribution < 1.29 is 14.2 Å². The Balaban J connectivity index is 1.88. The SMILES string of the molecule is CCNC(=NCCOCc1ccccc1)Nc1ccc(OC)c(OC)c1. The zero-order valence-corrected chi connectivity index (χ0v) is 15.6. The van der Waals surface area contributed by atoms with E-state index in [1.54, 1.807) is 14.2 Å². The van der Waals surface area contributed by atoms with Crippen LogP contribution < -0.4 is 20.1 Å². The Labute approximate surface area is 155 Å². The second kappa shape index (κ2) is 11.0. The molecule has 6 heteroatoms. The number of nitrogens with zero attached hydrogens (tertiary/aromatic N) is 1. The van der Waals surface area contributed by atoms with Crippen LogP contribution in [0, 0.1) is 0 Å². The molecule has 0 saturated carbocycles. The van der Waals surface area contributed by atoms with Gasteiger partial charge in [-0.3, -0.25) is 4.99 Å². The minimum atomic E-state index is 0.553. The number of anilines is 1. The van der Waals surface area contributed by atoms with E-state index in [-0.39, 0.29) is 0 Å². The first-order chi connectivity index (χ1) is 12.8. The Morgan fingerprint density at radius 1 is 1.00 bits per heavy atom. The molecule has 0 aromatic heterocycles. The van der Waals surface area contributed by atoms with E-state index in [1.165, 1.54) is 0 Å². The summed E-state index contributed by atoms with van der Waals surface area (Å²) in [5.74, 6) is 2.05. The maximum absolute atomic E-state index is 5.67. The minimum absolute atomic E-state index is 0.553. The van der Waals surface area contributed by atoms with E-state index < -0.39 is 0 Å². The van der Waals surface area contributed by atoms with Crippen molar-refractivity contribution in [2.75, 3.05) is 39.2 Å². The summed E-state index contributed by atoms with van der Waals surface area (Å²) in [6.07, 6.45) is 0. The van der Waals surface area contributed by atoms with Gasteiger partial charge in [-0.05, 0) is 24.6 Å². The lowest BCUT2D eigenvalue weighted by atomic mass is 10.2. The molecule has 26 heavy (non-hydrogen) atoms. The molecule has 0 amide bonds. The van der Waals surface area contributed by atoms with Gasteiger partial charge in [0.1, 0.15) is 0 Å². The third-order valence-electron chi connectivity index (χ3n) is 3.61. The zero-order valence-electron chi connectivity index (χ0n) is 15.6. The zero-order chi connectivity index (χ0) is 18.6. The number of aliphatic imine (C=N–C) groups is 1. The van der Waals surface area contributed by atoms with Crippen molar-refractivity contribution in [3.8, 4) is 11.5 Å². The van der Waals surface area contributed by atoms with Gasteiger partial charge in [-0.2, -0.15) is 0 Å². The predicted molar refractivity (Wildman–Crippen MR) is 105 cm³/mol. The molecule has 0 spiro atoms. The summed E-state index contributed by atoms with van der Waals surface area (Å²) in [5.41, 5.74) is 2.03. The van der Waals surface area contributed by atoms with E-state index in [9.17, 15) is 0 Å². The Kier molecular flexibility index (Phi) is 8.29. The smallest absolute Gasteiger partial charge is 0.195 e. The number of benzene rings is 2. The Morgan fingerprint density at radius 2 is 1.77 bits per heavy atom. The van der Waals surface area contributed by atoms with Crippen LogP contribution in [-0.4, -0.2) is 39.9 Å². The fourth-order valence-electron chi connectivity index (χ4n) is 2.34. The third kappa shape index (κ3) is 6.29. The molecule has 0 aliphatic heterocycles. The molecule has 0 fully saturated rings. The van der Waals surface area contributed by atoms with Crippen LogP contribution in [0.1, 0.15) is 12.5 Å². The van der Waals surface area contributed by atoms with Crippen molar-refractivity contribution in [1.29, 1.82) is 0 Å². The average Bonchev–Trinajstić information content (AvgIpc) is 2.68. The quantitative estimate of drug-likeness (QED) is 0.410. The van der Waals surface area contributed by atoms with Gasteiger partial charge in [0.2, 0.25) is 0 Å². The molecule has 2 rings (SSSR count). The molecule has 0 unspecified atom stereocenters. The molecule has 140 valence electrons. The molecule has 2 N–H and O–H groups in total. The van der Waals surface area contributed by atoms with Crippen molar-refractivity contribution in [1.82, 2.24) is 5.32 Å². The minimum Gasteiger partial charge on any atom is -0.493 e. The monoisotopic (exact) mass is 357 g/mol. The van der Waals surface area contributed by atoms with Crippen molar-refractivity contribution in [3.05, 3.63) is 54.1 Å². The first-order valence-electron chi connectivity index (χ1n) is 8.65. The van der Waals surface area contributed by atoms with Crippen LogP contribution >= 0.6 is 0 Å². The fraction of sp³-hybridized carbons (Fsp3) is 0.350.